The van der Waals surface area contributed by atoms with Crippen molar-refractivity contribution in [1.82, 2.24) is 4.98 Å². The normalized spacial score (nSPS) is 10.5. The molecular weight excluding hydrogens is 300 g/mol. The quantitative estimate of drug-likeness (QED) is 0.717. The molecule has 1 heterocycles. The van der Waals surface area contributed by atoms with Crippen molar-refractivity contribution in [3.05, 3.63) is 81.3 Å². The van der Waals surface area contributed by atoms with E-state index in [0.29, 0.717) is 4.47 Å². The average Bonchev–Trinajstić information content (AvgIpc) is 2.93. The predicted octanol–water partition coefficient (Wildman–Crippen LogP) is 5.00. The SMILES string of the molecule is Clc1ncc(CNc2ccc(Cc3ccccc3)cc2)s1. The maximum absolute atomic E-state index is 5.82. The van der Waals surface area contributed by atoms with Crippen LogP contribution in [0.4, 0.5) is 5.69 Å². The Labute approximate surface area is 133 Å². The van der Waals surface area contributed by atoms with E-state index in [1.54, 1.807) is 0 Å². The largest absolute Gasteiger partial charge is 0.380 e. The van der Waals surface area contributed by atoms with Gasteiger partial charge in [-0.3, -0.25) is 0 Å². The molecule has 1 aromatic heterocycles. The summed E-state index contributed by atoms with van der Waals surface area (Å²) >= 11 is 7.32. The molecule has 2 nitrogen and oxygen atoms in total. The summed E-state index contributed by atoms with van der Waals surface area (Å²) in [5, 5.41) is 3.38. The minimum absolute atomic E-state index is 0.588. The smallest absolute Gasteiger partial charge is 0.183 e. The number of rotatable bonds is 5. The van der Waals surface area contributed by atoms with E-state index in [1.807, 2.05) is 12.3 Å². The molecule has 106 valence electrons. The Balaban J connectivity index is 1.59. The fourth-order valence-corrected chi connectivity index (χ4v) is 3.04. The zero-order valence-corrected chi connectivity index (χ0v) is 13.0. The van der Waals surface area contributed by atoms with Gasteiger partial charge in [-0.05, 0) is 29.7 Å². The zero-order valence-electron chi connectivity index (χ0n) is 11.4. The van der Waals surface area contributed by atoms with Gasteiger partial charge in [-0.1, -0.05) is 54.1 Å². The van der Waals surface area contributed by atoms with Crippen LogP contribution in [0.1, 0.15) is 16.0 Å². The summed E-state index contributed by atoms with van der Waals surface area (Å²) in [5.41, 5.74) is 3.75. The zero-order chi connectivity index (χ0) is 14.5. The lowest BCUT2D eigenvalue weighted by molar-refractivity contribution is 1.16. The van der Waals surface area contributed by atoms with Crippen molar-refractivity contribution in [2.75, 3.05) is 5.32 Å². The van der Waals surface area contributed by atoms with Crippen LogP contribution in [0.15, 0.2) is 60.8 Å². The first-order valence-corrected chi connectivity index (χ1v) is 7.96. The van der Waals surface area contributed by atoms with Gasteiger partial charge in [-0.15, -0.1) is 11.3 Å². The number of anilines is 1. The van der Waals surface area contributed by atoms with Crippen LogP contribution in [0.5, 0.6) is 0 Å². The van der Waals surface area contributed by atoms with E-state index in [2.05, 4.69) is 58.8 Å². The number of hydrogen-bond acceptors (Lipinski definition) is 3. The Hall–Kier alpha value is -1.84. The molecule has 0 bridgehead atoms. The van der Waals surface area contributed by atoms with E-state index in [0.717, 1.165) is 23.5 Å². The van der Waals surface area contributed by atoms with Gasteiger partial charge >= 0.3 is 0 Å². The molecule has 0 aliphatic heterocycles. The van der Waals surface area contributed by atoms with Crippen molar-refractivity contribution in [2.45, 2.75) is 13.0 Å². The monoisotopic (exact) mass is 314 g/mol. The highest BCUT2D eigenvalue weighted by atomic mass is 35.5. The second-order valence-electron chi connectivity index (χ2n) is 4.79. The van der Waals surface area contributed by atoms with Crippen LogP contribution < -0.4 is 5.32 Å². The van der Waals surface area contributed by atoms with Gasteiger partial charge in [0.1, 0.15) is 0 Å². The number of thiazole rings is 1. The molecule has 4 heteroatoms. The van der Waals surface area contributed by atoms with Crippen molar-refractivity contribution < 1.29 is 0 Å². The first kappa shape index (κ1) is 14.1. The summed E-state index contributed by atoms with van der Waals surface area (Å²) in [5.74, 6) is 0. The summed E-state index contributed by atoms with van der Waals surface area (Å²) in [4.78, 5) is 5.17. The van der Waals surface area contributed by atoms with E-state index >= 15 is 0 Å². The molecule has 0 fully saturated rings. The van der Waals surface area contributed by atoms with Crippen LogP contribution in [-0.2, 0) is 13.0 Å². The number of nitrogens with one attached hydrogen (secondary N) is 1. The maximum Gasteiger partial charge on any atom is 0.183 e. The van der Waals surface area contributed by atoms with Crippen LogP contribution in [0.25, 0.3) is 0 Å². The molecule has 0 spiro atoms. The molecule has 0 unspecified atom stereocenters. The Kier molecular flexibility index (Phi) is 4.53. The van der Waals surface area contributed by atoms with Crippen LogP contribution in [-0.4, -0.2) is 4.98 Å². The Morgan fingerprint density at radius 1 is 0.952 bits per heavy atom. The molecule has 0 atom stereocenters. The third-order valence-electron chi connectivity index (χ3n) is 3.20. The molecule has 0 amide bonds. The van der Waals surface area contributed by atoms with E-state index < -0.39 is 0 Å². The molecule has 0 radical (unpaired) electrons. The number of benzene rings is 2. The maximum atomic E-state index is 5.82. The van der Waals surface area contributed by atoms with Crippen LogP contribution in [0, 0.1) is 0 Å². The van der Waals surface area contributed by atoms with Gasteiger partial charge in [-0.2, -0.15) is 0 Å². The van der Waals surface area contributed by atoms with Crippen molar-refractivity contribution in [1.29, 1.82) is 0 Å². The van der Waals surface area contributed by atoms with Crippen LogP contribution in [0.2, 0.25) is 4.47 Å². The molecule has 0 aliphatic carbocycles. The van der Waals surface area contributed by atoms with Gasteiger partial charge in [0.15, 0.2) is 4.47 Å². The standard InChI is InChI=1S/C17H15ClN2S/c18-17-20-12-16(21-17)11-19-15-8-6-14(7-9-15)10-13-4-2-1-3-5-13/h1-9,12,19H,10-11H2. The van der Waals surface area contributed by atoms with Gasteiger partial charge in [0.25, 0.3) is 0 Å². The third kappa shape index (κ3) is 4.06. The van der Waals surface area contributed by atoms with Gasteiger partial charge in [-0.25, -0.2) is 4.98 Å². The number of nitrogens with zero attached hydrogens (tertiary/aromatic N) is 1. The summed E-state index contributed by atoms with van der Waals surface area (Å²) in [6.07, 6.45) is 2.77. The minimum Gasteiger partial charge on any atom is -0.380 e. The van der Waals surface area contributed by atoms with E-state index in [-0.39, 0.29) is 0 Å². The Bertz CT molecular complexity index is 692. The highest BCUT2D eigenvalue weighted by Gasteiger charge is 2.00. The molecule has 2 aromatic carbocycles. The van der Waals surface area contributed by atoms with Gasteiger partial charge < -0.3 is 5.32 Å². The molecule has 0 saturated carbocycles. The van der Waals surface area contributed by atoms with Crippen LogP contribution >= 0.6 is 22.9 Å². The summed E-state index contributed by atoms with van der Waals surface area (Å²) in [7, 11) is 0. The fraction of sp³-hybridized carbons (Fsp3) is 0.118. The highest BCUT2D eigenvalue weighted by molar-refractivity contribution is 7.15. The van der Waals surface area contributed by atoms with Gasteiger partial charge in [0.2, 0.25) is 0 Å². The molecule has 0 saturated heterocycles. The molecule has 3 rings (SSSR count). The fourth-order valence-electron chi connectivity index (χ4n) is 2.13. The first-order valence-electron chi connectivity index (χ1n) is 6.76. The minimum atomic E-state index is 0.588. The Morgan fingerprint density at radius 3 is 2.33 bits per heavy atom. The van der Waals surface area contributed by atoms with E-state index in [9.17, 15) is 0 Å². The van der Waals surface area contributed by atoms with Crippen LogP contribution in [0.3, 0.4) is 0 Å². The predicted molar refractivity (Wildman–Crippen MR) is 90.1 cm³/mol. The summed E-state index contributed by atoms with van der Waals surface area (Å²) in [6, 6.07) is 19.0. The Morgan fingerprint density at radius 2 is 1.67 bits per heavy atom. The molecule has 21 heavy (non-hydrogen) atoms. The highest BCUT2D eigenvalue weighted by Crippen LogP contribution is 2.19. The van der Waals surface area contributed by atoms with Gasteiger partial charge in [0, 0.05) is 16.8 Å². The number of halogens is 1. The van der Waals surface area contributed by atoms with E-state index in [4.69, 9.17) is 11.6 Å². The lowest BCUT2D eigenvalue weighted by Crippen LogP contribution is -1.97. The number of aromatic nitrogens is 1. The molecule has 3 aromatic rings. The molecular formula is C17H15ClN2S. The average molecular weight is 315 g/mol. The van der Waals surface area contributed by atoms with Crippen molar-refractivity contribution in [3.8, 4) is 0 Å². The third-order valence-corrected chi connectivity index (χ3v) is 4.31. The number of hydrogen-bond donors (Lipinski definition) is 1. The summed E-state index contributed by atoms with van der Waals surface area (Å²) in [6.45, 7) is 0.752. The molecule has 0 aliphatic rings. The topological polar surface area (TPSA) is 24.9 Å². The van der Waals surface area contributed by atoms with Crippen molar-refractivity contribution in [2.24, 2.45) is 0 Å². The van der Waals surface area contributed by atoms with E-state index in [1.165, 1.54) is 22.5 Å². The first-order chi connectivity index (χ1) is 10.3. The molecule has 1 N–H and O–H groups in total. The lowest BCUT2D eigenvalue weighted by Gasteiger charge is -2.06. The van der Waals surface area contributed by atoms with Crippen molar-refractivity contribution >= 4 is 28.6 Å². The summed E-state index contributed by atoms with van der Waals surface area (Å²) < 4.78 is 0.588. The second kappa shape index (κ2) is 6.74. The van der Waals surface area contributed by atoms with Crippen molar-refractivity contribution in [3.63, 3.8) is 0 Å². The van der Waals surface area contributed by atoms with Gasteiger partial charge in [0.05, 0.1) is 6.54 Å². The second-order valence-corrected chi connectivity index (χ2v) is 6.49. The lowest BCUT2D eigenvalue weighted by atomic mass is 10.0.